The molecule has 0 spiro atoms. The highest BCUT2D eigenvalue weighted by molar-refractivity contribution is 7.18. The minimum atomic E-state index is 0.0305. The first-order valence-corrected chi connectivity index (χ1v) is 7.26. The number of rotatable bonds is 5. The molecular weight excluding hydrogens is 244 g/mol. The number of fused-ring (bicyclic) bond motifs is 1. The van der Waals surface area contributed by atoms with Gasteiger partial charge >= 0.3 is 0 Å². The predicted molar refractivity (Wildman–Crippen MR) is 77.2 cm³/mol. The number of hydrogen-bond acceptors (Lipinski definition) is 4. The van der Waals surface area contributed by atoms with E-state index in [1.54, 1.807) is 11.3 Å². The lowest BCUT2D eigenvalue weighted by Gasteiger charge is -2.14. The van der Waals surface area contributed by atoms with Gasteiger partial charge in [0.2, 0.25) is 0 Å². The molecule has 2 unspecified atom stereocenters. The molecule has 0 saturated heterocycles. The zero-order valence-electron chi connectivity index (χ0n) is 11.1. The van der Waals surface area contributed by atoms with Crippen molar-refractivity contribution in [3.05, 3.63) is 23.2 Å². The molecule has 4 heteroatoms. The van der Waals surface area contributed by atoms with Crippen LogP contribution in [0.5, 0.6) is 5.75 Å². The van der Waals surface area contributed by atoms with Crippen LogP contribution in [-0.2, 0) is 0 Å². The number of nitrogens with two attached hydrogens (primary N) is 1. The van der Waals surface area contributed by atoms with Crippen molar-refractivity contribution in [2.75, 3.05) is 6.61 Å². The first-order chi connectivity index (χ1) is 8.65. The number of ether oxygens (including phenoxy) is 1. The first kappa shape index (κ1) is 13.3. The third kappa shape index (κ3) is 2.65. The van der Waals surface area contributed by atoms with Gasteiger partial charge in [0.25, 0.3) is 0 Å². The van der Waals surface area contributed by atoms with Crippen molar-refractivity contribution >= 4 is 21.6 Å². The van der Waals surface area contributed by atoms with E-state index >= 15 is 0 Å². The Labute approximate surface area is 112 Å². The van der Waals surface area contributed by atoms with Crippen LogP contribution in [0.25, 0.3) is 10.2 Å². The van der Waals surface area contributed by atoms with Gasteiger partial charge in [0.1, 0.15) is 10.8 Å². The molecule has 3 nitrogen and oxygen atoms in total. The van der Waals surface area contributed by atoms with Crippen LogP contribution in [0.3, 0.4) is 0 Å². The molecule has 0 radical (unpaired) electrons. The molecule has 1 aromatic heterocycles. The third-order valence-corrected chi connectivity index (χ3v) is 4.35. The maximum absolute atomic E-state index is 6.23. The van der Waals surface area contributed by atoms with E-state index in [0.717, 1.165) is 27.4 Å². The molecule has 2 N–H and O–H groups in total. The van der Waals surface area contributed by atoms with E-state index in [9.17, 15) is 0 Å². The van der Waals surface area contributed by atoms with Crippen LogP contribution >= 0.6 is 11.3 Å². The number of aromatic nitrogens is 1. The van der Waals surface area contributed by atoms with Gasteiger partial charge in [-0.15, -0.1) is 11.3 Å². The third-order valence-electron chi connectivity index (χ3n) is 3.23. The molecule has 1 heterocycles. The molecule has 2 atom stereocenters. The summed E-state index contributed by atoms with van der Waals surface area (Å²) in [5.41, 5.74) is 7.24. The molecule has 0 aliphatic carbocycles. The van der Waals surface area contributed by atoms with Crippen LogP contribution in [0, 0.1) is 5.92 Å². The summed E-state index contributed by atoms with van der Waals surface area (Å²) in [6, 6.07) is 6.04. The molecule has 0 aliphatic heterocycles. The zero-order valence-corrected chi connectivity index (χ0v) is 12.0. The molecule has 0 saturated carbocycles. The Hall–Kier alpha value is -1.13. The molecule has 98 valence electrons. The summed E-state index contributed by atoms with van der Waals surface area (Å²) >= 11 is 1.67. The van der Waals surface area contributed by atoms with Crippen LogP contribution in [0.15, 0.2) is 18.2 Å². The summed E-state index contributed by atoms with van der Waals surface area (Å²) in [6.45, 7) is 7.00. The van der Waals surface area contributed by atoms with E-state index in [1.807, 2.05) is 25.1 Å². The largest absolute Gasteiger partial charge is 0.494 e. The van der Waals surface area contributed by atoms with Crippen LogP contribution < -0.4 is 10.5 Å². The lowest BCUT2D eigenvalue weighted by Crippen LogP contribution is -2.18. The minimum absolute atomic E-state index is 0.0305. The Morgan fingerprint density at radius 1 is 1.39 bits per heavy atom. The zero-order chi connectivity index (χ0) is 13.1. The van der Waals surface area contributed by atoms with Crippen molar-refractivity contribution in [2.45, 2.75) is 33.2 Å². The van der Waals surface area contributed by atoms with E-state index in [2.05, 4.69) is 18.8 Å². The Balaban J connectivity index is 2.32. The second kappa shape index (κ2) is 5.67. The number of nitrogens with zero attached hydrogens (tertiary/aromatic N) is 1. The number of benzene rings is 1. The second-order valence-electron chi connectivity index (χ2n) is 4.53. The molecule has 0 fully saturated rings. The number of hydrogen-bond donors (Lipinski definition) is 1. The van der Waals surface area contributed by atoms with Gasteiger partial charge in [-0.1, -0.05) is 20.3 Å². The maximum Gasteiger partial charge on any atom is 0.120 e. The van der Waals surface area contributed by atoms with Gasteiger partial charge < -0.3 is 10.5 Å². The van der Waals surface area contributed by atoms with Crippen molar-refractivity contribution in [2.24, 2.45) is 11.7 Å². The van der Waals surface area contributed by atoms with Crippen molar-refractivity contribution in [1.82, 2.24) is 4.98 Å². The number of thiazole rings is 1. The normalized spacial score (nSPS) is 14.7. The van der Waals surface area contributed by atoms with Gasteiger partial charge in [0.05, 0.1) is 22.9 Å². The topological polar surface area (TPSA) is 48.1 Å². The summed E-state index contributed by atoms with van der Waals surface area (Å²) < 4.78 is 6.65. The molecule has 18 heavy (non-hydrogen) atoms. The summed E-state index contributed by atoms with van der Waals surface area (Å²) in [5, 5.41) is 1.02. The van der Waals surface area contributed by atoms with E-state index in [0.29, 0.717) is 12.5 Å². The molecular formula is C14H20N2OS. The molecule has 0 aliphatic rings. The molecule has 2 rings (SSSR count). The van der Waals surface area contributed by atoms with Crippen molar-refractivity contribution in [1.29, 1.82) is 0 Å². The fraction of sp³-hybridized carbons (Fsp3) is 0.500. The molecule has 1 aromatic carbocycles. The van der Waals surface area contributed by atoms with E-state index in [4.69, 9.17) is 10.5 Å². The van der Waals surface area contributed by atoms with Gasteiger partial charge in [0.15, 0.2) is 0 Å². The van der Waals surface area contributed by atoms with Crippen molar-refractivity contribution < 1.29 is 4.74 Å². The van der Waals surface area contributed by atoms with E-state index in [1.165, 1.54) is 0 Å². The van der Waals surface area contributed by atoms with Gasteiger partial charge in [-0.3, -0.25) is 0 Å². The molecule has 0 bridgehead atoms. The smallest absolute Gasteiger partial charge is 0.120 e. The summed E-state index contributed by atoms with van der Waals surface area (Å²) in [4.78, 5) is 4.62. The maximum atomic E-state index is 6.23. The predicted octanol–water partition coefficient (Wildman–Crippen LogP) is 3.74. The lowest BCUT2D eigenvalue weighted by molar-refractivity contribution is 0.341. The van der Waals surface area contributed by atoms with Gasteiger partial charge in [-0.2, -0.15) is 0 Å². The minimum Gasteiger partial charge on any atom is -0.494 e. The average Bonchev–Trinajstić information content (AvgIpc) is 2.80. The van der Waals surface area contributed by atoms with Gasteiger partial charge in [-0.05, 0) is 31.0 Å². The Kier molecular flexibility index (Phi) is 4.19. The van der Waals surface area contributed by atoms with Crippen LogP contribution in [0.2, 0.25) is 0 Å². The van der Waals surface area contributed by atoms with E-state index in [-0.39, 0.29) is 6.04 Å². The Bertz CT molecular complexity index is 523. The standard InChI is InChI=1S/C14H20N2OS/c1-4-9(3)13(15)14-16-11-7-6-10(17-5-2)8-12(11)18-14/h6-9,13H,4-5,15H2,1-3H3. The van der Waals surface area contributed by atoms with Crippen LogP contribution in [-0.4, -0.2) is 11.6 Å². The highest BCUT2D eigenvalue weighted by Gasteiger charge is 2.17. The fourth-order valence-electron chi connectivity index (χ4n) is 1.82. The first-order valence-electron chi connectivity index (χ1n) is 6.44. The second-order valence-corrected chi connectivity index (χ2v) is 5.59. The highest BCUT2D eigenvalue weighted by atomic mass is 32.1. The summed E-state index contributed by atoms with van der Waals surface area (Å²) in [7, 11) is 0. The lowest BCUT2D eigenvalue weighted by atomic mass is 10.0. The SMILES string of the molecule is CCOc1ccc2nc(C(N)C(C)CC)sc2c1. The van der Waals surface area contributed by atoms with Crippen molar-refractivity contribution in [3.63, 3.8) is 0 Å². The Morgan fingerprint density at radius 3 is 2.83 bits per heavy atom. The highest BCUT2D eigenvalue weighted by Crippen LogP contribution is 2.31. The summed E-state index contributed by atoms with van der Waals surface area (Å²) in [5.74, 6) is 1.36. The molecule has 0 amide bonds. The quantitative estimate of drug-likeness (QED) is 0.895. The average molecular weight is 264 g/mol. The van der Waals surface area contributed by atoms with Crippen LogP contribution in [0.4, 0.5) is 0 Å². The Morgan fingerprint density at radius 2 is 2.17 bits per heavy atom. The van der Waals surface area contributed by atoms with E-state index < -0.39 is 0 Å². The van der Waals surface area contributed by atoms with Gasteiger partial charge in [0, 0.05) is 0 Å². The molecule has 2 aromatic rings. The van der Waals surface area contributed by atoms with Crippen LogP contribution in [0.1, 0.15) is 38.2 Å². The summed E-state index contributed by atoms with van der Waals surface area (Å²) in [6.07, 6.45) is 1.07. The monoisotopic (exact) mass is 264 g/mol. The fourth-order valence-corrected chi connectivity index (χ4v) is 2.95. The van der Waals surface area contributed by atoms with Gasteiger partial charge in [-0.25, -0.2) is 4.98 Å². The van der Waals surface area contributed by atoms with Crippen molar-refractivity contribution in [3.8, 4) is 5.75 Å².